The van der Waals surface area contributed by atoms with E-state index in [1.165, 1.54) is 14.0 Å². The van der Waals surface area contributed by atoms with Gasteiger partial charge in [-0.1, -0.05) is 0 Å². The molecule has 0 fully saturated rings. The van der Waals surface area contributed by atoms with E-state index in [4.69, 9.17) is 4.74 Å². The first kappa shape index (κ1) is 17.0. The Balaban J connectivity index is 2.80. The van der Waals surface area contributed by atoms with Crippen molar-refractivity contribution in [3.05, 3.63) is 29.8 Å². The van der Waals surface area contributed by atoms with Gasteiger partial charge in [-0.05, 0) is 19.1 Å². The molecule has 0 radical (unpaired) electrons. The zero-order valence-corrected chi connectivity index (χ0v) is 12.0. The van der Waals surface area contributed by atoms with Crippen LogP contribution in [0.25, 0.3) is 0 Å². The highest BCUT2D eigenvalue weighted by Gasteiger charge is 2.25. The van der Waals surface area contributed by atoms with Gasteiger partial charge < -0.3 is 9.84 Å². The zero-order chi connectivity index (χ0) is 15.4. The second-order valence-electron chi connectivity index (χ2n) is 4.64. The highest BCUT2D eigenvalue weighted by molar-refractivity contribution is 7.89. The molecule has 0 spiro atoms. The standard InChI is InChI=1S/C12H17F2NO4S/c1-12(16,5-6-19-2)8-15-20(17,18)11-4-3-9(13)7-10(11)14/h3-4,7,15-16H,5-6,8H2,1-2H3/t12-/m0/s1. The summed E-state index contributed by atoms with van der Waals surface area (Å²) in [5, 5.41) is 9.91. The van der Waals surface area contributed by atoms with Crippen LogP contribution in [0.3, 0.4) is 0 Å². The van der Waals surface area contributed by atoms with Crippen molar-refractivity contribution in [3.8, 4) is 0 Å². The van der Waals surface area contributed by atoms with Crippen LogP contribution in [-0.2, 0) is 14.8 Å². The van der Waals surface area contributed by atoms with E-state index in [1.54, 1.807) is 0 Å². The molecule has 5 nitrogen and oxygen atoms in total. The minimum Gasteiger partial charge on any atom is -0.389 e. The highest BCUT2D eigenvalue weighted by atomic mass is 32.2. The average Bonchev–Trinajstić information content (AvgIpc) is 2.34. The quantitative estimate of drug-likeness (QED) is 0.789. The maximum absolute atomic E-state index is 13.4. The first-order chi connectivity index (χ1) is 9.18. The van der Waals surface area contributed by atoms with Crippen molar-refractivity contribution < 1.29 is 27.0 Å². The largest absolute Gasteiger partial charge is 0.389 e. The van der Waals surface area contributed by atoms with Gasteiger partial charge in [0.05, 0.1) is 5.60 Å². The number of rotatable bonds is 7. The molecule has 0 saturated heterocycles. The smallest absolute Gasteiger partial charge is 0.243 e. The monoisotopic (exact) mass is 309 g/mol. The Morgan fingerprint density at radius 1 is 1.40 bits per heavy atom. The lowest BCUT2D eigenvalue weighted by Crippen LogP contribution is -2.41. The lowest BCUT2D eigenvalue weighted by molar-refractivity contribution is 0.0292. The molecule has 0 amide bonds. The maximum Gasteiger partial charge on any atom is 0.243 e. The molecule has 20 heavy (non-hydrogen) atoms. The molecule has 0 aliphatic heterocycles. The molecule has 1 aromatic carbocycles. The van der Waals surface area contributed by atoms with Crippen molar-refractivity contribution in [2.45, 2.75) is 23.8 Å². The van der Waals surface area contributed by atoms with E-state index in [0.29, 0.717) is 6.07 Å². The number of hydrogen-bond acceptors (Lipinski definition) is 4. The minimum absolute atomic E-state index is 0.206. The van der Waals surface area contributed by atoms with Crippen LogP contribution in [0, 0.1) is 11.6 Å². The van der Waals surface area contributed by atoms with Gasteiger partial charge in [0.25, 0.3) is 0 Å². The van der Waals surface area contributed by atoms with Gasteiger partial charge in [-0.2, -0.15) is 0 Å². The lowest BCUT2D eigenvalue weighted by Gasteiger charge is -2.23. The van der Waals surface area contributed by atoms with Crippen LogP contribution in [0.2, 0.25) is 0 Å². The predicted molar refractivity (Wildman–Crippen MR) is 68.7 cm³/mol. The van der Waals surface area contributed by atoms with Crippen LogP contribution in [0.15, 0.2) is 23.1 Å². The summed E-state index contributed by atoms with van der Waals surface area (Å²) in [6.45, 7) is 1.37. The van der Waals surface area contributed by atoms with Gasteiger partial charge in [-0.15, -0.1) is 0 Å². The number of nitrogens with one attached hydrogen (secondary N) is 1. The molecule has 8 heteroatoms. The molecule has 0 aliphatic rings. The summed E-state index contributed by atoms with van der Waals surface area (Å²) >= 11 is 0. The molecule has 0 heterocycles. The van der Waals surface area contributed by atoms with Crippen molar-refractivity contribution in [2.24, 2.45) is 0 Å². The Morgan fingerprint density at radius 3 is 2.60 bits per heavy atom. The minimum atomic E-state index is -4.16. The van der Waals surface area contributed by atoms with Crippen molar-refractivity contribution in [1.29, 1.82) is 0 Å². The molecule has 2 N–H and O–H groups in total. The van der Waals surface area contributed by atoms with E-state index in [0.717, 1.165) is 12.1 Å². The number of halogens is 2. The predicted octanol–water partition coefficient (Wildman–Crippen LogP) is 1.03. The van der Waals surface area contributed by atoms with Crippen LogP contribution in [-0.4, -0.2) is 39.4 Å². The summed E-state index contributed by atoms with van der Waals surface area (Å²) in [5.74, 6) is -2.05. The Bertz CT molecular complexity index is 561. The summed E-state index contributed by atoms with van der Waals surface area (Å²) < 4.78 is 56.8. The topological polar surface area (TPSA) is 75.6 Å². The fraction of sp³-hybridized carbons (Fsp3) is 0.500. The van der Waals surface area contributed by atoms with Crippen molar-refractivity contribution in [1.82, 2.24) is 4.72 Å². The molecule has 1 atom stereocenters. The number of hydrogen-bond donors (Lipinski definition) is 2. The molecule has 1 rings (SSSR count). The van der Waals surface area contributed by atoms with Gasteiger partial charge in [0, 0.05) is 32.7 Å². The molecular formula is C12H17F2NO4S. The maximum atomic E-state index is 13.4. The number of benzene rings is 1. The van der Waals surface area contributed by atoms with E-state index in [1.807, 2.05) is 0 Å². The molecule has 0 unspecified atom stereocenters. The van der Waals surface area contributed by atoms with Crippen LogP contribution in [0.4, 0.5) is 8.78 Å². The molecule has 0 saturated carbocycles. The van der Waals surface area contributed by atoms with Gasteiger partial charge in [0.2, 0.25) is 10.0 Å². The Labute approximate surface area is 116 Å². The first-order valence-corrected chi connectivity index (χ1v) is 7.32. The summed E-state index contributed by atoms with van der Waals surface area (Å²) in [6, 6.07) is 2.16. The molecule has 0 aromatic heterocycles. The molecule has 1 aromatic rings. The first-order valence-electron chi connectivity index (χ1n) is 5.84. The molecule has 114 valence electrons. The van der Waals surface area contributed by atoms with Crippen LogP contribution in [0.5, 0.6) is 0 Å². The summed E-state index contributed by atoms with van der Waals surface area (Å²) in [7, 11) is -2.71. The van der Waals surface area contributed by atoms with E-state index in [-0.39, 0.29) is 19.6 Å². The third-order valence-corrected chi connectivity index (χ3v) is 4.11. The highest BCUT2D eigenvalue weighted by Crippen LogP contribution is 2.16. The Hall–Kier alpha value is -1.09. The number of aliphatic hydroxyl groups is 1. The van der Waals surface area contributed by atoms with Crippen LogP contribution < -0.4 is 4.72 Å². The number of ether oxygens (including phenoxy) is 1. The SMILES string of the molecule is COCC[C@](C)(O)CNS(=O)(=O)c1ccc(F)cc1F. The Kier molecular flexibility index (Phi) is 5.58. The lowest BCUT2D eigenvalue weighted by atomic mass is 10.0. The summed E-state index contributed by atoms with van der Waals surface area (Å²) in [5.41, 5.74) is -1.33. The molecule has 0 aliphatic carbocycles. The van der Waals surface area contributed by atoms with Crippen LogP contribution in [0.1, 0.15) is 13.3 Å². The van der Waals surface area contributed by atoms with E-state index >= 15 is 0 Å². The molecule has 0 bridgehead atoms. The van der Waals surface area contributed by atoms with E-state index < -0.39 is 32.2 Å². The van der Waals surface area contributed by atoms with Gasteiger partial charge in [0.15, 0.2) is 0 Å². The summed E-state index contributed by atoms with van der Waals surface area (Å²) in [6.07, 6.45) is 0.206. The third kappa shape index (κ3) is 4.78. The van der Waals surface area contributed by atoms with Crippen molar-refractivity contribution in [2.75, 3.05) is 20.3 Å². The van der Waals surface area contributed by atoms with Crippen LogP contribution >= 0.6 is 0 Å². The fourth-order valence-electron chi connectivity index (χ4n) is 1.43. The number of sulfonamides is 1. The normalized spacial score (nSPS) is 15.1. The van der Waals surface area contributed by atoms with E-state index in [9.17, 15) is 22.3 Å². The van der Waals surface area contributed by atoms with Crippen molar-refractivity contribution >= 4 is 10.0 Å². The third-order valence-electron chi connectivity index (χ3n) is 2.67. The fourth-order valence-corrected chi connectivity index (χ4v) is 2.65. The second-order valence-corrected chi connectivity index (χ2v) is 6.37. The van der Waals surface area contributed by atoms with Gasteiger partial charge >= 0.3 is 0 Å². The van der Waals surface area contributed by atoms with Gasteiger partial charge in [0.1, 0.15) is 16.5 Å². The van der Waals surface area contributed by atoms with E-state index in [2.05, 4.69) is 4.72 Å². The molecular weight excluding hydrogens is 292 g/mol. The number of methoxy groups -OCH3 is 1. The van der Waals surface area contributed by atoms with Gasteiger partial charge in [-0.3, -0.25) is 0 Å². The second kappa shape index (κ2) is 6.57. The van der Waals surface area contributed by atoms with Crippen molar-refractivity contribution in [3.63, 3.8) is 0 Å². The summed E-state index contributed by atoms with van der Waals surface area (Å²) in [4.78, 5) is -0.665. The Morgan fingerprint density at radius 2 is 2.05 bits per heavy atom. The average molecular weight is 309 g/mol. The zero-order valence-electron chi connectivity index (χ0n) is 11.2. The van der Waals surface area contributed by atoms with Gasteiger partial charge in [-0.25, -0.2) is 21.9 Å².